The van der Waals surface area contributed by atoms with E-state index < -0.39 is 16.1 Å². The molecule has 3 aromatic rings. The van der Waals surface area contributed by atoms with Crippen LogP contribution in [0.15, 0.2) is 83.3 Å². The van der Waals surface area contributed by atoms with Gasteiger partial charge in [0.15, 0.2) is 0 Å². The van der Waals surface area contributed by atoms with Gasteiger partial charge in [0.2, 0.25) is 21.8 Å². The van der Waals surface area contributed by atoms with Crippen molar-refractivity contribution in [3.8, 4) is 0 Å². The lowest BCUT2D eigenvalue weighted by molar-refractivity contribution is -0.141. The highest BCUT2D eigenvalue weighted by atomic mass is 79.9. The zero-order valence-corrected chi connectivity index (χ0v) is 26.7. The fourth-order valence-electron chi connectivity index (χ4n) is 5.53. The molecular weight excluding hydrogens is 614 g/mol. The Labute approximate surface area is 258 Å². The monoisotopic (exact) mass is 653 g/mol. The number of para-hydroxylation sites is 1. The third-order valence-electron chi connectivity index (χ3n) is 7.78. The molecule has 1 fully saturated rings. The molecule has 1 saturated carbocycles. The summed E-state index contributed by atoms with van der Waals surface area (Å²) < 4.78 is 27.7. The van der Waals surface area contributed by atoms with Crippen molar-refractivity contribution in [2.45, 2.75) is 70.5 Å². The molecule has 0 radical (unpaired) electrons. The van der Waals surface area contributed by atoms with E-state index in [1.54, 1.807) is 11.0 Å². The molecule has 42 heavy (non-hydrogen) atoms. The summed E-state index contributed by atoms with van der Waals surface area (Å²) in [5, 5.41) is 3.22. The van der Waals surface area contributed by atoms with Crippen molar-refractivity contribution in [1.29, 1.82) is 0 Å². The lowest BCUT2D eigenvalue weighted by atomic mass is 10.0. The Morgan fingerprint density at radius 1 is 0.929 bits per heavy atom. The van der Waals surface area contributed by atoms with Crippen molar-refractivity contribution >= 4 is 43.5 Å². The number of sulfonamides is 1. The Balaban J connectivity index is 1.59. The van der Waals surface area contributed by atoms with Crippen LogP contribution in [0.2, 0.25) is 0 Å². The van der Waals surface area contributed by atoms with E-state index in [0.717, 1.165) is 46.8 Å². The summed E-state index contributed by atoms with van der Waals surface area (Å²) in [7, 11) is -3.56. The maximum Gasteiger partial charge on any atom is 0.243 e. The normalized spacial score (nSPS) is 14.4. The van der Waals surface area contributed by atoms with Gasteiger partial charge < -0.3 is 10.2 Å². The molecule has 0 aromatic heterocycles. The van der Waals surface area contributed by atoms with Crippen LogP contribution < -0.4 is 9.62 Å². The van der Waals surface area contributed by atoms with Gasteiger partial charge in [0.1, 0.15) is 6.04 Å². The summed E-state index contributed by atoms with van der Waals surface area (Å²) in [5.41, 5.74) is 3.34. The Kier molecular flexibility index (Phi) is 11.2. The van der Waals surface area contributed by atoms with Gasteiger partial charge in [-0.15, -0.1) is 0 Å². The standard InChI is InChI=1S/C33H40BrN3O4S/c1-25-11-6-9-16-30(25)37(42(2,40)41)22-10-17-32(38)36(24-27-18-20-28(34)21-19-27)31(23-26-12-4-3-5-13-26)33(39)35-29-14-7-8-15-29/h3-6,9,11-13,16,18-21,29,31H,7-8,10,14-15,17,22-24H2,1-2H3,(H,35,39)/t31-/m1/s1. The van der Waals surface area contributed by atoms with Crippen LogP contribution in [-0.4, -0.2) is 50.0 Å². The number of carbonyl (C=O) groups is 2. The van der Waals surface area contributed by atoms with E-state index >= 15 is 0 Å². The first kappa shape index (κ1) is 31.8. The third-order valence-corrected chi connectivity index (χ3v) is 9.48. The highest BCUT2D eigenvalue weighted by Gasteiger charge is 2.32. The molecule has 1 atom stereocenters. The van der Waals surface area contributed by atoms with Crippen LogP contribution in [0.1, 0.15) is 55.2 Å². The van der Waals surface area contributed by atoms with Gasteiger partial charge in [-0.25, -0.2) is 8.42 Å². The number of nitrogens with one attached hydrogen (secondary N) is 1. The van der Waals surface area contributed by atoms with E-state index in [2.05, 4.69) is 21.2 Å². The number of carbonyl (C=O) groups excluding carboxylic acids is 2. The van der Waals surface area contributed by atoms with Gasteiger partial charge >= 0.3 is 0 Å². The summed E-state index contributed by atoms with van der Waals surface area (Å²) in [4.78, 5) is 29.5. The Morgan fingerprint density at radius 2 is 1.57 bits per heavy atom. The predicted octanol–water partition coefficient (Wildman–Crippen LogP) is 6.00. The van der Waals surface area contributed by atoms with Crippen molar-refractivity contribution in [1.82, 2.24) is 10.2 Å². The fraction of sp³-hybridized carbons (Fsp3) is 0.394. The van der Waals surface area contributed by atoms with E-state index in [-0.39, 0.29) is 37.4 Å². The SMILES string of the molecule is Cc1ccccc1N(CCCC(=O)N(Cc1ccc(Br)cc1)[C@H](Cc1ccccc1)C(=O)NC1CCCC1)S(C)(=O)=O. The van der Waals surface area contributed by atoms with E-state index in [1.165, 1.54) is 10.6 Å². The van der Waals surface area contributed by atoms with Gasteiger partial charge in [0.25, 0.3) is 0 Å². The number of hydrogen-bond donors (Lipinski definition) is 1. The lowest BCUT2D eigenvalue weighted by Gasteiger charge is -2.33. The van der Waals surface area contributed by atoms with E-state index in [0.29, 0.717) is 18.5 Å². The first-order chi connectivity index (χ1) is 20.1. The summed E-state index contributed by atoms with van der Waals surface area (Å²) in [6.07, 6.45) is 6.08. The topological polar surface area (TPSA) is 86.8 Å². The molecule has 2 amide bonds. The molecule has 0 heterocycles. The van der Waals surface area contributed by atoms with Crippen LogP contribution >= 0.6 is 15.9 Å². The Bertz CT molecular complexity index is 1440. The molecule has 1 aliphatic carbocycles. The molecule has 7 nitrogen and oxygen atoms in total. The number of rotatable bonds is 13. The second-order valence-corrected chi connectivity index (χ2v) is 13.9. The second kappa shape index (κ2) is 14.8. The van der Waals surface area contributed by atoms with Crippen LogP contribution in [0.25, 0.3) is 0 Å². The minimum Gasteiger partial charge on any atom is -0.352 e. The average molecular weight is 655 g/mol. The number of aryl methyl sites for hydroxylation is 1. The first-order valence-corrected chi connectivity index (χ1v) is 17.2. The molecule has 1 aliphatic rings. The Morgan fingerprint density at radius 3 is 2.21 bits per heavy atom. The molecule has 4 rings (SSSR count). The maximum absolute atomic E-state index is 14.0. The highest BCUT2D eigenvalue weighted by molar-refractivity contribution is 9.10. The summed E-state index contributed by atoms with van der Waals surface area (Å²) in [5.74, 6) is -0.326. The zero-order chi connectivity index (χ0) is 30.1. The first-order valence-electron chi connectivity index (χ1n) is 14.5. The smallest absolute Gasteiger partial charge is 0.243 e. The number of amides is 2. The second-order valence-electron chi connectivity index (χ2n) is 11.1. The van der Waals surface area contributed by atoms with Crippen molar-refractivity contribution in [3.05, 3.63) is 100 Å². The molecule has 9 heteroatoms. The molecule has 224 valence electrons. The van der Waals surface area contributed by atoms with Gasteiger partial charge in [-0.1, -0.05) is 89.4 Å². The Hall–Kier alpha value is -3.17. The lowest BCUT2D eigenvalue weighted by Crippen LogP contribution is -2.52. The van der Waals surface area contributed by atoms with Crippen LogP contribution in [0.5, 0.6) is 0 Å². The van der Waals surface area contributed by atoms with E-state index in [4.69, 9.17) is 0 Å². The van der Waals surface area contributed by atoms with Crippen molar-refractivity contribution in [2.24, 2.45) is 0 Å². The molecule has 1 N–H and O–H groups in total. The van der Waals surface area contributed by atoms with Crippen molar-refractivity contribution in [3.63, 3.8) is 0 Å². The molecule has 0 spiro atoms. The molecule has 3 aromatic carbocycles. The zero-order valence-electron chi connectivity index (χ0n) is 24.3. The quantitative estimate of drug-likeness (QED) is 0.245. The number of halogens is 1. The molecular formula is C33H40BrN3O4S. The van der Waals surface area contributed by atoms with Crippen molar-refractivity contribution in [2.75, 3.05) is 17.1 Å². The van der Waals surface area contributed by atoms with Crippen LogP contribution in [0, 0.1) is 6.92 Å². The minimum absolute atomic E-state index is 0.108. The van der Waals surface area contributed by atoms with E-state index in [9.17, 15) is 18.0 Å². The van der Waals surface area contributed by atoms with Gasteiger partial charge in [0, 0.05) is 36.4 Å². The van der Waals surface area contributed by atoms with Gasteiger partial charge in [0.05, 0.1) is 11.9 Å². The largest absolute Gasteiger partial charge is 0.352 e. The van der Waals surface area contributed by atoms with E-state index in [1.807, 2.05) is 79.7 Å². The summed E-state index contributed by atoms with van der Waals surface area (Å²) >= 11 is 3.48. The average Bonchev–Trinajstić information content (AvgIpc) is 3.47. The number of hydrogen-bond acceptors (Lipinski definition) is 4. The molecule has 0 saturated heterocycles. The highest BCUT2D eigenvalue weighted by Crippen LogP contribution is 2.24. The van der Waals surface area contributed by atoms with Crippen LogP contribution in [-0.2, 0) is 32.6 Å². The number of nitrogens with zero attached hydrogens (tertiary/aromatic N) is 2. The van der Waals surface area contributed by atoms with Gasteiger partial charge in [-0.05, 0) is 61.1 Å². The number of benzene rings is 3. The molecule has 0 bridgehead atoms. The summed E-state index contributed by atoms with van der Waals surface area (Å²) in [6.45, 7) is 2.31. The molecule has 0 unspecified atom stereocenters. The van der Waals surface area contributed by atoms with Gasteiger partial charge in [-0.2, -0.15) is 0 Å². The van der Waals surface area contributed by atoms with Crippen molar-refractivity contribution < 1.29 is 18.0 Å². The predicted molar refractivity (Wildman–Crippen MR) is 172 cm³/mol. The van der Waals surface area contributed by atoms with Crippen LogP contribution in [0.4, 0.5) is 5.69 Å². The fourth-order valence-corrected chi connectivity index (χ4v) is 6.82. The number of anilines is 1. The minimum atomic E-state index is -3.56. The maximum atomic E-state index is 14.0. The summed E-state index contributed by atoms with van der Waals surface area (Å²) in [6, 6.07) is 24.3. The van der Waals surface area contributed by atoms with Crippen LogP contribution in [0.3, 0.4) is 0 Å². The third kappa shape index (κ3) is 8.91. The molecule has 0 aliphatic heterocycles. The van der Waals surface area contributed by atoms with Gasteiger partial charge in [-0.3, -0.25) is 13.9 Å².